The highest BCUT2D eigenvalue weighted by molar-refractivity contribution is 9.10. The second-order valence-electron chi connectivity index (χ2n) is 4.42. The monoisotopic (exact) mass is 344 g/mol. The van der Waals surface area contributed by atoms with Crippen LogP contribution in [0.4, 0.5) is 10.8 Å². The zero-order valence-electron chi connectivity index (χ0n) is 10.9. The maximum absolute atomic E-state index is 4.70. The van der Waals surface area contributed by atoms with Gasteiger partial charge in [0, 0.05) is 20.6 Å². The average Bonchev–Trinajstić information content (AvgIpc) is 2.81. The first-order valence-electron chi connectivity index (χ1n) is 6.28. The SMILES string of the molecule is Cc1sc(Nc2ccccc2)nc1-c1ccc(Br)cc1. The summed E-state index contributed by atoms with van der Waals surface area (Å²) >= 11 is 5.13. The van der Waals surface area contributed by atoms with Gasteiger partial charge in [-0.1, -0.05) is 46.3 Å². The summed E-state index contributed by atoms with van der Waals surface area (Å²) in [6.45, 7) is 2.10. The quantitative estimate of drug-likeness (QED) is 0.666. The van der Waals surface area contributed by atoms with E-state index in [2.05, 4.69) is 40.3 Å². The van der Waals surface area contributed by atoms with Gasteiger partial charge in [-0.2, -0.15) is 0 Å². The van der Waals surface area contributed by atoms with Crippen LogP contribution in [0, 0.1) is 6.92 Å². The van der Waals surface area contributed by atoms with Crippen LogP contribution in [0.1, 0.15) is 4.88 Å². The van der Waals surface area contributed by atoms with Crippen molar-refractivity contribution in [2.24, 2.45) is 0 Å². The van der Waals surface area contributed by atoms with Crippen LogP contribution in [0.25, 0.3) is 11.3 Å². The number of hydrogen-bond donors (Lipinski definition) is 1. The van der Waals surface area contributed by atoms with Crippen LogP contribution in [-0.4, -0.2) is 4.98 Å². The standard InChI is InChI=1S/C16H13BrN2S/c1-11-15(12-7-9-13(17)10-8-12)19-16(20-11)18-14-5-3-2-4-6-14/h2-10H,1H3,(H,18,19). The van der Waals surface area contributed by atoms with E-state index in [0.717, 1.165) is 26.5 Å². The first kappa shape index (κ1) is 13.3. The maximum Gasteiger partial charge on any atom is 0.187 e. The van der Waals surface area contributed by atoms with Crippen molar-refractivity contribution in [3.05, 3.63) is 63.9 Å². The first-order chi connectivity index (χ1) is 9.72. The molecule has 0 amide bonds. The maximum atomic E-state index is 4.70. The van der Waals surface area contributed by atoms with Gasteiger partial charge in [0.1, 0.15) is 0 Å². The van der Waals surface area contributed by atoms with Crippen molar-refractivity contribution in [1.82, 2.24) is 4.98 Å². The smallest absolute Gasteiger partial charge is 0.187 e. The topological polar surface area (TPSA) is 24.9 Å². The highest BCUT2D eigenvalue weighted by Crippen LogP contribution is 2.32. The lowest BCUT2D eigenvalue weighted by molar-refractivity contribution is 1.36. The third-order valence-electron chi connectivity index (χ3n) is 2.94. The van der Waals surface area contributed by atoms with Crippen molar-refractivity contribution in [3.8, 4) is 11.3 Å². The molecule has 0 aliphatic heterocycles. The Morgan fingerprint density at radius 2 is 1.70 bits per heavy atom. The Kier molecular flexibility index (Phi) is 3.85. The van der Waals surface area contributed by atoms with E-state index in [1.165, 1.54) is 4.88 Å². The predicted octanol–water partition coefficient (Wildman–Crippen LogP) is 5.62. The van der Waals surface area contributed by atoms with Crippen molar-refractivity contribution >= 4 is 38.1 Å². The van der Waals surface area contributed by atoms with Gasteiger partial charge >= 0.3 is 0 Å². The molecule has 0 spiro atoms. The molecular formula is C16H13BrN2S. The molecule has 2 aromatic carbocycles. The van der Waals surface area contributed by atoms with E-state index in [1.807, 2.05) is 42.5 Å². The second-order valence-corrected chi connectivity index (χ2v) is 6.54. The molecule has 0 aliphatic carbocycles. The molecule has 4 heteroatoms. The Balaban J connectivity index is 1.89. The molecule has 1 aromatic heterocycles. The largest absolute Gasteiger partial charge is 0.332 e. The molecule has 1 heterocycles. The third kappa shape index (κ3) is 2.92. The lowest BCUT2D eigenvalue weighted by Gasteiger charge is -2.01. The molecule has 1 N–H and O–H groups in total. The Bertz CT molecular complexity index is 705. The summed E-state index contributed by atoms with van der Waals surface area (Å²) < 4.78 is 1.08. The number of thiazole rings is 1. The molecule has 0 bridgehead atoms. The van der Waals surface area contributed by atoms with Crippen molar-refractivity contribution < 1.29 is 0 Å². The fourth-order valence-corrected chi connectivity index (χ4v) is 3.09. The van der Waals surface area contributed by atoms with E-state index < -0.39 is 0 Å². The third-order valence-corrected chi connectivity index (χ3v) is 4.35. The number of halogens is 1. The Hall–Kier alpha value is -1.65. The van der Waals surface area contributed by atoms with E-state index in [4.69, 9.17) is 4.98 Å². The highest BCUT2D eigenvalue weighted by Gasteiger charge is 2.09. The molecule has 3 aromatic rings. The summed E-state index contributed by atoms with van der Waals surface area (Å²) in [4.78, 5) is 5.91. The van der Waals surface area contributed by atoms with Crippen LogP contribution in [0.5, 0.6) is 0 Å². The van der Waals surface area contributed by atoms with Gasteiger partial charge in [0.2, 0.25) is 0 Å². The molecule has 0 unspecified atom stereocenters. The number of anilines is 2. The Morgan fingerprint density at radius 1 is 1.00 bits per heavy atom. The number of benzene rings is 2. The Morgan fingerprint density at radius 3 is 2.40 bits per heavy atom. The van der Waals surface area contributed by atoms with Gasteiger partial charge in [0.25, 0.3) is 0 Å². The van der Waals surface area contributed by atoms with Crippen molar-refractivity contribution in [3.63, 3.8) is 0 Å². The Labute approximate surface area is 130 Å². The molecule has 20 heavy (non-hydrogen) atoms. The second kappa shape index (κ2) is 5.77. The van der Waals surface area contributed by atoms with Gasteiger partial charge < -0.3 is 5.32 Å². The molecule has 100 valence electrons. The van der Waals surface area contributed by atoms with Crippen LogP contribution < -0.4 is 5.32 Å². The zero-order chi connectivity index (χ0) is 13.9. The molecule has 0 aliphatic rings. The molecule has 3 rings (SSSR count). The average molecular weight is 345 g/mol. The van der Waals surface area contributed by atoms with E-state index >= 15 is 0 Å². The van der Waals surface area contributed by atoms with E-state index in [1.54, 1.807) is 11.3 Å². The van der Waals surface area contributed by atoms with Crippen LogP contribution in [0.3, 0.4) is 0 Å². The number of nitrogens with zero attached hydrogens (tertiary/aromatic N) is 1. The fraction of sp³-hybridized carbons (Fsp3) is 0.0625. The minimum Gasteiger partial charge on any atom is -0.332 e. The first-order valence-corrected chi connectivity index (χ1v) is 7.89. The van der Waals surface area contributed by atoms with E-state index in [-0.39, 0.29) is 0 Å². The van der Waals surface area contributed by atoms with Crippen molar-refractivity contribution in [2.45, 2.75) is 6.92 Å². The number of para-hydroxylation sites is 1. The molecule has 0 fully saturated rings. The lowest BCUT2D eigenvalue weighted by Crippen LogP contribution is -1.88. The van der Waals surface area contributed by atoms with E-state index in [9.17, 15) is 0 Å². The summed E-state index contributed by atoms with van der Waals surface area (Å²) in [6.07, 6.45) is 0. The molecule has 0 radical (unpaired) electrons. The number of nitrogens with one attached hydrogen (secondary N) is 1. The fourth-order valence-electron chi connectivity index (χ4n) is 1.97. The van der Waals surface area contributed by atoms with Crippen LogP contribution in [-0.2, 0) is 0 Å². The van der Waals surface area contributed by atoms with Gasteiger partial charge in [-0.05, 0) is 31.2 Å². The van der Waals surface area contributed by atoms with Gasteiger partial charge in [0.05, 0.1) is 5.69 Å². The highest BCUT2D eigenvalue weighted by atomic mass is 79.9. The van der Waals surface area contributed by atoms with Gasteiger partial charge in [0.15, 0.2) is 5.13 Å². The molecule has 2 nitrogen and oxygen atoms in total. The van der Waals surface area contributed by atoms with Gasteiger partial charge in [-0.25, -0.2) is 4.98 Å². The summed E-state index contributed by atoms with van der Waals surface area (Å²) in [5.74, 6) is 0. The number of hydrogen-bond acceptors (Lipinski definition) is 3. The predicted molar refractivity (Wildman–Crippen MR) is 89.7 cm³/mol. The number of aromatic nitrogens is 1. The van der Waals surface area contributed by atoms with E-state index in [0.29, 0.717) is 0 Å². The van der Waals surface area contributed by atoms with Crippen LogP contribution in [0.2, 0.25) is 0 Å². The zero-order valence-corrected chi connectivity index (χ0v) is 13.3. The van der Waals surface area contributed by atoms with Crippen molar-refractivity contribution in [1.29, 1.82) is 0 Å². The minimum atomic E-state index is 0.923. The summed E-state index contributed by atoms with van der Waals surface area (Å²) in [5, 5.41) is 4.27. The summed E-state index contributed by atoms with van der Waals surface area (Å²) in [6, 6.07) is 18.3. The molecule has 0 atom stereocenters. The summed E-state index contributed by atoms with van der Waals surface area (Å²) in [7, 11) is 0. The minimum absolute atomic E-state index is 0.923. The normalized spacial score (nSPS) is 10.5. The number of rotatable bonds is 3. The van der Waals surface area contributed by atoms with Crippen LogP contribution in [0.15, 0.2) is 59.1 Å². The van der Waals surface area contributed by atoms with Gasteiger partial charge in [-0.3, -0.25) is 0 Å². The summed E-state index contributed by atoms with van der Waals surface area (Å²) in [5.41, 5.74) is 3.24. The number of aryl methyl sites for hydroxylation is 1. The molecular weight excluding hydrogens is 332 g/mol. The van der Waals surface area contributed by atoms with Crippen LogP contribution >= 0.6 is 27.3 Å². The molecule has 0 saturated carbocycles. The molecule has 0 saturated heterocycles. The lowest BCUT2D eigenvalue weighted by atomic mass is 10.1. The van der Waals surface area contributed by atoms with Crippen molar-refractivity contribution in [2.75, 3.05) is 5.32 Å². The van der Waals surface area contributed by atoms with Gasteiger partial charge in [-0.15, -0.1) is 11.3 Å².